The molecule has 0 saturated carbocycles. The van der Waals surface area contributed by atoms with E-state index in [0.29, 0.717) is 22.8 Å². The van der Waals surface area contributed by atoms with E-state index in [0.717, 1.165) is 0 Å². The van der Waals surface area contributed by atoms with Crippen molar-refractivity contribution < 1.29 is 18.3 Å². The van der Waals surface area contributed by atoms with Crippen molar-refractivity contribution in [1.82, 2.24) is 4.57 Å². The van der Waals surface area contributed by atoms with Gasteiger partial charge in [0.2, 0.25) is 0 Å². The van der Waals surface area contributed by atoms with Crippen molar-refractivity contribution in [2.75, 3.05) is 0 Å². The van der Waals surface area contributed by atoms with Crippen molar-refractivity contribution >= 4 is 17.2 Å². The van der Waals surface area contributed by atoms with Gasteiger partial charge in [0.25, 0.3) is 5.56 Å². The lowest BCUT2D eigenvalue weighted by atomic mass is 10.1. The summed E-state index contributed by atoms with van der Waals surface area (Å²) < 4.78 is 29.9. The summed E-state index contributed by atoms with van der Waals surface area (Å²) in [6, 6.07) is 5.72. The predicted octanol–water partition coefficient (Wildman–Crippen LogP) is 2.11. The number of nitrogens with zero attached hydrogens (tertiary/aromatic N) is 1. The third kappa shape index (κ3) is 2.62. The lowest BCUT2D eigenvalue weighted by Gasteiger charge is -2.11. The summed E-state index contributed by atoms with van der Waals surface area (Å²) in [5, 5.41) is 0.711. The van der Waals surface area contributed by atoms with Crippen LogP contribution in [0.3, 0.4) is 0 Å². The summed E-state index contributed by atoms with van der Waals surface area (Å²) in [6.07, 6.45) is 0.580. The van der Waals surface area contributed by atoms with E-state index in [1.54, 1.807) is 13.0 Å². The quantitative estimate of drug-likeness (QED) is 0.797. The summed E-state index contributed by atoms with van der Waals surface area (Å²) in [7, 11) is 0. The van der Waals surface area contributed by atoms with E-state index in [2.05, 4.69) is 4.74 Å². The maximum absolute atomic E-state index is 12.2. The minimum Gasteiger partial charge on any atom is -0.435 e. The second-order valence-corrected chi connectivity index (χ2v) is 4.00. The first kappa shape index (κ1) is 13.2. The van der Waals surface area contributed by atoms with Gasteiger partial charge in [-0.25, -0.2) is 0 Å². The molecule has 100 valence electrons. The van der Waals surface area contributed by atoms with Gasteiger partial charge in [0.05, 0.1) is 12.1 Å². The molecule has 2 aromatic rings. The van der Waals surface area contributed by atoms with Crippen LogP contribution in [0.1, 0.15) is 5.56 Å². The number of rotatable bonds is 4. The number of aryl methyl sites for hydroxylation is 1. The molecular weight excluding hydrogens is 256 g/mol. The Balaban J connectivity index is 2.69. The first-order valence-corrected chi connectivity index (χ1v) is 5.55. The number of aromatic nitrogens is 1. The van der Waals surface area contributed by atoms with E-state index in [9.17, 15) is 18.4 Å². The Bertz CT molecular complexity index is 679. The fourth-order valence-corrected chi connectivity index (χ4v) is 1.97. The summed E-state index contributed by atoms with van der Waals surface area (Å²) >= 11 is 0. The number of alkyl halides is 2. The molecular formula is C13H11F2NO3. The largest absolute Gasteiger partial charge is 0.435 e. The number of ether oxygens (including phenoxy) is 1. The number of pyridine rings is 1. The molecule has 0 saturated heterocycles. The number of hydrogen-bond donors (Lipinski definition) is 0. The SMILES string of the molecule is Cc1cc(=O)n(CC=O)c2cc(OC(F)F)ccc12. The monoisotopic (exact) mass is 267 g/mol. The Morgan fingerprint density at radius 2 is 2.11 bits per heavy atom. The zero-order valence-electron chi connectivity index (χ0n) is 10.1. The van der Waals surface area contributed by atoms with Gasteiger partial charge in [-0.15, -0.1) is 0 Å². The highest BCUT2D eigenvalue weighted by molar-refractivity contribution is 5.84. The van der Waals surface area contributed by atoms with Crippen molar-refractivity contribution in [3.05, 3.63) is 40.2 Å². The zero-order chi connectivity index (χ0) is 14.0. The molecule has 0 fully saturated rings. The molecule has 0 atom stereocenters. The van der Waals surface area contributed by atoms with Gasteiger partial charge in [-0.1, -0.05) is 0 Å². The minimum atomic E-state index is -2.94. The molecule has 0 amide bonds. The fraction of sp³-hybridized carbons (Fsp3) is 0.231. The normalized spacial score (nSPS) is 10.9. The first-order chi connectivity index (χ1) is 9.02. The van der Waals surface area contributed by atoms with Crippen molar-refractivity contribution in [3.8, 4) is 5.75 Å². The van der Waals surface area contributed by atoms with Crippen LogP contribution in [0.4, 0.5) is 8.78 Å². The Morgan fingerprint density at radius 1 is 1.37 bits per heavy atom. The Labute approximate surface area is 107 Å². The number of hydrogen-bond acceptors (Lipinski definition) is 3. The summed E-state index contributed by atoms with van der Waals surface area (Å²) in [6.45, 7) is -1.33. The van der Waals surface area contributed by atoms with Crippen LogP contribution in [0.25, 0.3) is 10.9 Å². The molecule has 1 heterocycles. The summed E-state index contributed by atoms with van der Waals surface area (Å²) in [5.41, 5.74) is 0.757. The van der Waals surface area contributed by atoms with E-state index >= 15 is 0 Å². The number of carbonyl (C=O) groups excluding carboxylic acids is 1. The number of halogens is 2. The van der Waals surface area contributed by atoms with Gasteiger partial charge < -0.3 is 14.1 Å². The minimum absolute atomic E-state index is 0.0489. The third-order valence-electron chi connectivity index (χ3n) is 2.77. The lowest BCUT2D eigenvalue weighted by molar-refractivity contribution is -0.108. The van der Waals surface area contributed by atoms with Crippen LogP contribution in [0, 0.1) is 6.92 Å². The summed E-state index contributed by atoms with van der Waals surface area (Å²) in [5.74, 6) is -0.0489. The molecule has 0 aliphatic rings. The average molecular weight is 267 g/mol. The van der Waals surface area contributed by atoms with Gasteiger partial charge >= 0.3 is 6.61 Å². The van der Waals surface area contributed by atoms with Crippen LogP contribution in [-0.4, -0.2) is 17.5 Å². The molecule has 0 aliphatic heterocycles. The molecule has 0 aliphatic carbocycles. The molecule has 0 radical (unpaired) electrons. The van der Waals surface area contributed by atoms with Gasteiger partial charge in [-0.2, -0.15) is 8.78 Å². The highest BCUT2D eigenvalue weighted by atomic mass is 19.3. The molecule has 2 rings (SSSR count). The van der Waals surface area contributed by atoms with Crippen LogP contribution in [0.5, 0.6) is 5.75 Å². The zero-order valence-corrected chi connectivity index (χ0v) is 10.1. The lowest BCUT2D eigenvalue weighted by Crippen LogP contribution is -2.21. The van der Waals surface area contributed by atoms with E-state index in [4.69, 9.17) is 0 Å². The molecule has 0 bridgehead atoms. The van der Waals surface area contributed by atoms with Crippen LogP contribution >= 0.6 is 0 Å². The van der Waals surface area contributed by atoms with Crippen molar-refractivity contribution in [2.45, 2.75) is 20.1 Å². The molecule has 6 heteroatoms. The number of benzene rings is 1. The maximum Gasteiger partial charge on any atom is 0.387 e. The van der Waals surface area contributed by atoms with Crippen LogP contribution < -0.4 is 10.3 Å². The molecule has 1 aromatic heterocycles. The van der Waals surface area contributed by atoms with Crippen LogP contribution in [-0.2, 0) is 11.3 Å². The van der Waals surface area contributed by atoms with Gasteiger partial charge in [0, 0.05) is 17.5 Å². The highest BCUT2D eigenvalue weighted by Crippen LogP contribution is 2.23. The molecule has 0 spiro atoms. The van der Waals surface area contributed by atoms with E-state index in [1.807, 2.05) is 0 Å². The van der Waals surface area contributed by atoms with E-state index in [1.165, 1.54) is 22.8 Å². The van der Waals surface area contributed by atoms with Gasteiger partial charge in [0.1, 0.15) is 12.0 Å². The molecule has 4 nitrogen and oxygen atoms in total. The number of aldehydes is 1. The van der Waals surface area contributed by atoms with Crippen molar-refractivity contribution in [2.24, 2.45) is 0 Å². The topological polar surface area (TPSA) is 48.3 Å². The molecule has 0 N–H and O–H groups in total. The van der Waals surface area contributed by atoms with E-state index in [-0.39, 0.29) is 17.9 Å². The molecule has 1 aromatic carbocycles. The molecule has 0 unspecified atom stereocenters. The second kappa shape index (κ2) is 5.17. The second-order valence-electron chi connectivity index (χ2n) is 4.00. The van der Waals surface area contributed by atoms with Gasteiger partial charge in [-0.05, 0) is 24.6 Å². The third-order valence-corrected chi connectivity index (χ3v) is 2.77. The number of fused-ring (bicyclic) bond motifs is 1. The average Bonchev–Trinajstić information content (AvgIpc) is 2.33. The van der Waals surface area contributed by atoms with Crippen LogP contribution in [0.2, 0.25) is 0 Å². The highest BCUT2D eigenvalue weighted by Gasteiger charge is 2.10. The number of carbonyl (C=O) groups is 1. The smallest absolute Gasteiger partial charge is 0.387 e. The first-order valence-electron chi connectivity index (χ1n) is 5.55. The Hall–Kier alpha value is -2.24. The Morgan fingerprint density at radius 3 is 2.74 bits per heavy atom. The maximum atomic E-state index is 12.2. The van der Waals surface area contributed by atoms with Crippen molar-refractivity contribution in [1.29, 1.82) is 0 Å². The van der Waals surface area contributed by atoms with Crippen LogP contribution in [0.15, 0.2) is 29.1 Å². The van der Waals surface area contributed by atoms with Crippen molar-refractivity contribution in [3.63, 3.8) is 0 Å². The summed E-state index contributed by atoms with van der Waals surface area (Å²) in [4.78, 5) is 22.4. The van der Waals surface area contributed by atoms with Gasteiger partial charge in [-0.3, -0.25) is 4.79 Å². The standard InChI is InChI=1S/C13H11F2NO3/c1-8-6-12(18)16(4-5-17)11-7-9(19-13(14)15)2-3-10(8)11/h2-3,5-7,13H,4H2,1H3. The van der Waals surface area contributed by atoms with E-state index < -0.39 is 6.61 Å². The Kier molecular flexibility index (Phi) is 3.59. The fourth-order valence-electron chi connectivity index (χ4n) is 1.97. The predicted molar refractivity (Wildman–Crippen MR) is 65.6 cm³/mol. The van der Waals surface area contributed by atoms with Gasteiger partial charge in [0.15, 0.2) is 0 Å². The molecule has 19 heavy (non-hydrogen) atoms.